The van der Waals surface area contributed by atoms with Crippen molar-refractivity contribution in [2.24, 2.45) is 0 Å². The number of methoxy groups -OCH3 is 1. The smallest absolute Gasteiger partial charge is 0.333 e. The molecule has 1 atom stereocenters. The van der Waals surface area contributed by atoms with E-state index in [2.05, 4.69) is 5.32 Å². The summed E-state index contributed by atoms with van der Waals surface area (Å²) in [6.45, 7) is 8.12. The van der Waals surface area contributed by atoms with Gasteiger partial charge < -0.3 is 9.47 Å². The maximum Gasteiger partial charge on any atom is 0.333 e. The van der Waals surface area contributed by atoms with Gasteiger partial charge in [-0.25, -0.2) is 4.79 Å². The minimum Gasteiger partial charge on any atom is -0.467 e. The summed E-state index contributed by atoms with van der Waals surface area (Å²) < 4.78 is 10.7. The van der Waals surface area contributed by atoms with Crippen LogP contribution in [0.3, 0.4) is 0 Å². The second kappa shape index (κ2) is 7.41. The van der Waals surface area contributed by atoms with Gasteiger partial charge in [-0.15, -0.1) is 0 Å². The Hall–Kier alpha value is -1.39. The Morgan fingerprint density at radius 1 is 1.20 bits per heavy atom. The lowest BCUT2D eigenvalue weighted by Gasteiger charge is -2.34. The third-order valence-corrected chi connectivity index (χ3v) is 2.97. The molecule has 1 aromatic rings. The van der Waals surface area contributed by atoms with E-state index in [9.17, 15) is 4.79 Å². The number of esters is 1. The van der Waals surface area contributed by atoms with Gasteiger partial charge >= 0.3 is 5.97 Å². The highest BCUT2D eigenvalue weighted by atomic mass is 16.5. The number of hydrogen-bond donors (Lipinski definition) is 1. The SMILES string of the molecule is COC(=O)C(COC(C)C)(NC(C)C)c1ccccc1. The first kappa shape index (κ1) is 16.7. The topological polar surface area (TPSA) is 47.6 Å². The molecule has 1 rings (SSSR count). The van der Waals surface area contributed by atoms with Crippen molar-refractivity contribution in [3.8, 4) is 0 Å². The maximum atomic E-state index is 12.4. The predicted octanol–water partition coefficient (Wildman–Crippen LogP) is 2.48. The van der Waals surface area contributed by atoms with E-state index in [1.807, 2.05) is 58.0 Å². The minimum atomic E-state index is -0.978. The quantitative estimate of drug-likeness (QED) is 0.779. The predicted molar refractivity (Wildman–Crippen MR) is 79.5 cm³/mol. The summed E-state index contributed by atoms with van der Waals surface area (Å²) >= 11 is 0. The highest BCUT2D eigenvalue weighted by Crippen LogP contribution is 2.25. The van der Waals surface area contributed by atoms with Crippen LogP contribution in [0.4, 0.5) is 0 Å². The Kier molecular flexibility index (Phi) is 6.17. The second-order valence-electron chi connectivity index (χ2n) is 5.42. The van der Waals surface area contributed by atoms with Gasteiger partial charge in [-0.3, -0.25) is 5.32 Å². The molecule has 0 radical (unpaired) electrons. The molecule has 4 nitrogen and oxygen atoms in total. The van der Waals surface area contributed by atoms with Crippen LogP contribution in [0.25, 0.3) is 0 Å². The van der Waals surface area contributed by atoms with Crippen molar-refractivity contribution in [2.45, 2.75) is 45.4 Å². The van der Waals surface area contributed by atoms with E-state index >= 15 is 0 Å². The number of ether oxygens (including phenoxy) is 2. The van der Waals surface area contributed by atoms with Crippen LogP contribution in [0.2, 0.25) is 0 Å². The molecule has 20 heavy (non-hydrogen) atoms. The van der Waals surface area contributed by atoms with Crippen LogP contribution in [-0.4, -0.2) is 31.8 Å². The fraction of sp³-hybridized carbons (Fsp3) is 0.562. The van der Waals surface area contributed by atoms with Crippen LogP contribution in [0.15, 0.2) is 30.3 Å². The molecule has 0 heterocycles. The lowest BCUT2D eigenvalue weighted by Crippen LogP contribution is -2.56. The largest absolute Gasteiger partial charge is 0.467 e. The Morgan fingerprint density at radius 2 is 1.80 bits per heavy atom. The molecule has 0 bridgehead atoms. The van der Waals surface area contributed by atoms with Crippen LogP contribution >= 0.6 is 0 Å². The standard InChI is InChI=1S/C16H25NO3/c1-12(2)17-16(15(18)19-5,11-20-13(3)4)14-9-7-6-8-10-14/h6-10,12-13,17H,11H2,1-5H3. The second-order valence-corrected chi connectivity index (χ2v) is 5.42. The van der Waals surface area contributed by atoms with Crippen molar-refractivity contribution in [3.05, 3.63) is 35.9 Å². The van der Waals surface area contributed by atoms with Gasteiger partial charge in [0.15, 0.2) is 5.54 Å². The van der Waals surface area contributed by atoms with Crippen molar-refractivity contribution in [1.82, 2.24) is 5.32 Å². The zero-order valence-corrected chi connectivity index (χ0v) is 13.0. The monoisotopic (exact) mass is 279 g/mol. The first-order valence-corrected chi connectivity index (χ1v) is 6.95. The zero-order chi connectivity index (χ0) is 15.2. The number of benzene rings is 1. The van der Waals surface area contributed by atoms with E-state index in [0.717, 1.165) is 5.56 Å². The van der Waals surface area contributed by atoms with Crippen LogP contribution in [-0.2, 0) is 19.8 Å². The molecule has 1 N–H and O–H groups in total. The van der Waals surface area contributed by atoms with Crippen LogP contribution in [0.5, 0.6) is 0 Å². The normalized spacial score (nSPS) is 14.3. The fourth-order valence-electron chi connectivity index (χ4n) is 2.13. The van der Waals surface area contributed by atoms with E-state index in [1.165, 1.54) is 7.11 Å². The molecule has 0 amide bonds. The highest BCUT2D eigenvalue weighted by Gasteiger charge is 2.42. The van der Waals surface area contributed by atoms with Gasteiger partial charge in [0.2, 0.25) is 0 Å². The van der Waals surface area contributed by atoms with Crippen molar-refractivity contribution >= 4 is 5.97 Å². The molecule has 0 aliphatic rings. The zero-order valence-electron chi connectivity index (χ0n) is 13.0. The summed E-state index contributed by atoms with van der Waals surface area (Å²) in [4.78, 5) is 12.4. The number of rotatable bonds is 7. The molecular weight excluding hydrogens is 254 g/mol. The molecule has 0 aliphatic carbocycles. The molecule has 1 aromatic carbocycles. The van der Waals surface area contributed by atoms with E-state index in [1.54, 1.807) is 0 Å². The fourth-order valence-corrected chi connectivity index (χ4v) is 2.13. The van der Waals surface area contributed by atoms with Gasteiger partial charge in [-0.1, -0.05) is 30.3 Å². The van der Waals surface area contributed by atoms with Crippen molar-refractivity contribution in [1.29, 1.82) is 0 Å². The average molecular weight is 279 g/mol. The van der Waals surface area contributed by atoms with Crippen molar-refractivity contribution in [3.63, 3.8) is 0 Å². The molecule has 0 aromatic heterocycles. The Bertz CT molecular complexity index is 417. The number of hydrogen-bond acceptors (Lipinski definition) is 4. The van der Waals surface area contributed by atoms with Crippen molar-refractivity contribution < 1.29 is 14.3 Å². The first-order chi connectivity index (χ1) is 9.42. The van der Waals surface area contributed by atoms with E-state index in [4.69, 9.17) is 9.47 Å². The lowest BCUT2D eigenvalue weighted by atomic mass is 9.89. The van der Waals surface area contributed by atoms with Gasteiger partial charge in [0.1, 0.15) is 0 Å². The maximum absolute atomic E-state index is 12.4. The molecule has 0 aliphatic heterocycles. The third kappa shape index (κ3) is 4.05. The molecule has 0 fully saturated rings. The van der Waals surface area contributed by atoms with Crippen LogP contribution in [0, 0.1) is 0 Å². The summed E-state index contributed by atoms with van der Waals surface area (Å²) in [5, 5.41) is 3.32. The van der Waals surface area contributed by atoms with Crippen LogP contribution < -0.4 is 5.32 Å². The van der Waals surface area contributed by atoms with Gasteiger partial charge in [-0.05, 0) is 33.3 Å². The molecule has 0 spiro atoms. The summed E-state index contributed by atoms with van der Waals surface area (Å²) in [5.74, 6) is -0.335. The lowest BCUT2D eigenvalue weighted by molar-refractivity contribution is -0.153. The molecule has 112 valence electrons. The average Bonchev–Trinajstić information content (AvgIpc) is 2.43. The number of carbonyl (C=O) groups excluding carboxylic acids is 1. The Labute approximate surface area is 121 Å². The third-order valence-electron chi connectivity index (χ3n) is 2.97. The summed E-state index contributed by atoms with van der Waals surface area (Å²) in [7, 11) is 1.40. The summed E-state index contributed by atoms with van der Waals surface area (Å²) in [6, 6.07) is 9.68. The van der Waals surface area contributed by atoms with Gasteiger partial charge in [0.25, 0.3) is 0 Å². The van der Waals surface area contributed by atoms with E-state index < -0.39 is 5.54 Å². The number of nitrogens with one attached hydrogen (secondary N) is 1. The van der Waals surface area contributed by atoms with Crippen LogP contribution in [0.1, 0.15) is 33.3 Å². The van der Waals surface area contributed by atoms with Crippen molar-refractivity contribution in [2.75, 3.05) is 13.7 Å². The molecular formula is C16H25NO3. The Morgan fingerprint density at radius 3 is 2.25 bits per heavy atom. The van der Waals surface area contributed by atoms with Gasteiger partial charge in [-0.2, -0.15) is 0 Å². The molecule has 1 unspecified atom stereocenters. The molecule has 4 heteroatoms. The highest BCUT2D eigenvalue weighted by molar-refractivity contribution is 5.83. The molecule has 0 saturated heterocycles. The van der Waals surface area contributed by atoms with E-state index in [-0.39, 0.29) is 24.7 Å². The van der Waals surface area contributed by atoms with Gasteiger partial charge in [0.05, 0.1) is 19.8 Å². The molecule has 0 saturated carbocycles. The minimum absolute atomic E-state index is 0.0386. The Balaban J connectivity index is 3.21. The number of carbonyl (C=O) groups is 1. The summed E-state index contributed by atoms with van der Waals surface area (Å²) in [6.07, 6.45) is 0.0386. The van der Waals surface area contributed by atoms with E-state index in [0.29, 0.717) is 0 Å². The summed E-state index contributed by atoms with van der Waals surface area (Å²) in [5.41, 5.74) is -0.129. The first-order valence-electron chi connectivity index (χ1n) is 6.95. The van der Waals surface area contributed by atoms with Gasteiger partial charge in [0, 0.05) is 6.04 Å².